The highest BCUT2D eigenvalue weighted by molar-refractivity contribution is 9.10. The van der Waals surface area contributed by atoms with Crippen LogP contribution >= 0.6 is 27.5 Å². The molecule has 2 nitrogen and oxygen atoms in total. The summed E-state index contributed by atoms with van der Waals surface area (Å²) in [5.41, 5.74) is 0.711. The number of aliphatic hydroxyl groups is 1. The molecule has 0 aliphatic rings. The van der Waals surface area contributed by atoms with Gasteiger partial charge in [-0.1, -0.05) is 35.9 Å². The minimum absolute atomic E-state index is 0.472. The summed E-state index contributed by atoms with van der Waals surface area (Å²) < 4.78 is 6.07. The van der Waals surface area contributed by atoms with Gasteiger partial charge < -0.3 is 9.84 Å². The van der Waals surface area contributed by atoms with E-state index in [-0.39, 0.29) is 0 Å². The number of hydrogen-bond acceptors (Lipinski definition) is 2. The maximum atomic E-state index is 10.7. The van der Waals surface area contributed by atoms with Crippen molar-refractivity contribution in [3.63, 3.8) is 0 Å². The summed E-state index contributed by atoms with van der Waals surface area (Å²) in [7, 11) is 1.62. The van der Waals surface area contributed by atoms with E-state index in [1.165, 1.54) is 0 Å². The van der Waals surface area contributed by atoms with Gasteiger partial charge in [0.1, 0.15) is 5.75 Å². The van der Waals surface area contributed by atoms with Crippen molar-refractivity contribution < 1.29 is 9.84 Å². The van der Waals surface area contributed by atoms with Gasteiger partial charge in [-0.15, -0.1) is 0 Å². The van der Waals surface area contributed by atoms with Gasteiger partial charge in [-0.3, -0.25) is 0 Å². The maximum absolute atomic E-state index is 10.7. The van der Waals surface area contributed by atoms with Crippen LogP contribution in [0, 0.1) is 0 Å². The minimum Gasteiger partial charge on any atom is -0.496 e. The van der Waals surface area contributed by atoms with Crippen LogP contribution in [0.4, 0.5) is 0 Å². The first kappa shape index (κ1) is 15.4. The Morgan fingerprint density at radius 3 is 2.55 bits per heavy atom. The van der Waals surface area contributed by atoms with Gasteiger partial charge in [-0.05, 0) is 46.6 Å². The molecule has 0 fully saturated rings. The molecule has 0 aromatic heterocycles. The average molecular weight is 356 g/mol. The van der Waals surface area contributed by atoms with E-state index in [1.54, 1.807) is 20.1 Å². The molecule has 0 amide bonds. The molecular weight excluding hydrogens is 340 g/mol. The predicted molar refractivity (Wildman–Crippen MR) is 85.4 cm³/mol. The van der Waals surface area contributed by atoms with Crippen molar-refractivity contribution in [2.45, 2.75) is 18.9 Å². The minimum atomic E-state index is -1.02. The van der Waals surface area contributed by atoms with Crippen molar-refractivity contribution in [2.24, 2.45) is 0 Å². The van der Waals surface area contributed by atoms with E-state index >= 15 is 0 Å². The van der Waals surface area contributed by atoms with Crippen LogP contribution in [-0.2, 0) is 12.0 Å². The lowest BCUT2D eigenvalue weighted by molar-refractivity contribution is 0.0577. The van der Waals surface area contributed by atoms with E-state index in [9.17, 15) is 5.11 Å². The van der Waals surface area contributed by atoms with Gasteiger partial charge in [0.2, 0.25) is 0 Å². The Bertz CT molecular complexity index is 611. The van der Waals surface area contributed by atoms with Crippen LogP contribution in [0.5, 0.6) is 5.75 Å². The zero-order valence-corrected chi connectivity index (χ0v) is 13.7. The van der Waals surface area contributed by atoms with Gasteiger partial charge in [0.05, 0.1) is 17.2 Å². The van der Waals surface area contributed by atoms with E-state index in [1.807, 2.05) is 36.4 Å². The van der Waals surface area contributed by atoms with Crippen molar-refractivity contribution >= 4 is 27.5 Å². The monoisotopic (exact) mass is 354 g/mol. The standard InChI is InChI=1S/C16H16BrClO2/c1-16(19,12-5-3-4-6-14(12)18)10-11-7-8-15(20-2)13(17)9-11/h3-9,19H,10H2,1-2H3. The van der Waals surface area contributed by atoms with E-state index in [4.69, 9.17) is 16.3 Å². The molecule has 0 heterocycles. The van der Waals surface area contributed by atoms with Crippen LogP contribution < -0.4 is 4.74 Å². The number of halogens is 2. The summed E-state index contributed by atoms with van der Waals surface area (Å²) >= 11 is 9.62. The lowest BCUT2D eigenvalue weighted by atomic mass is 9.89. The Balaban J connectivity index is 2.28. The van der Waals surface area contributed by atoms with E-state index in [0.717, 1.165) is 21.3 Å². The summed E-state index contributed by atoms with van der Waals surface area (Å²) in [5, 5.41) is 11.3. The maximum Gasteiger partial charge on any atom is 0.133 e. The first-order valence-electron chi connectivity index (χ1n) is 6.24. The molecule has 2 aromatic carbocycles. The Labute approximate surface area is 132 Å². The number of methoxy groups -OCH3 is 1. The lowest BCUT2D eigenvalue weighted by Crippen LogP contribution is -2.24. The van der Waals surface area contributed by atoms with E-state index < -0.39 is 5.60 Å². The van der Waals surface area contributed by atoms with Crippen LogP contribution in [-0.4, -0.2) is 12.2 Å². The second-order valence-corrected chi connectivity index (χ2v) is 6.16. The van der Waals surface area contributed by atoms with Crippen molar-refractivity contribution in [1.82, 2.24) is 0 Å². The van der Waals surface area contributed by atoms with E-state index in [2.05, 4.69) is 15.9 Å². The van der Waals surface area contributed by atoms with Crippen LogP contribution in [0.3, 0.4) is 0 Å². The molecule has 1 atom stereocenters. The molecule has 2 aromatic rings. The highest BCUT2D eigenvalue weighted by atomic mass is 79.9. The highest BCUT2D eigenvalue weighted by Gasteiger charge is 2.26. The molecule has 0 saturated heterocycles. The quantitative estimate of drug-likeness (QED) is 0.871. The van der Waals surface area contributed by atoms with Gasteiger partial charge in [-0.2, -0.15) is 0 Å². The first-order valence-corrected chi connectivity index (χ1v) is 7.41. The summed E-state index contributed by atoms with van der Waals surface area (Å²) in [6, 6.07) is 13.1. The SMILES string of the molecule is COc1ccc(CC(C)(O)c2ccccc2Cl)cc1Br. The topological polar surface area (TPSA) is 29.5 Å². The van der Waals surface area contributed by atoms with Gasteiger partial charge in [0.15, 0.2) is 0 Å². The summed E-state index contributed by atoms with van der Waals surface area (Å²) in [6.07, 6.45) is 0.472. The second-order valence-electron chi connectivity index (χ2n) is 4.90. The van der Waals surface area contributed by atoms with E-state index in [0.29, 0.717) is 11.4 Å². The van der Waals surface area contributed by atoms with Crippen molar-refractivity contribution in [3.05, 3.63) is 63.1 Å². The highest BCUT2D eigenvalue weighted by Crippen LogP contribution is 2.33. The molecule has 0 bridgehead atoms. The first-order chi connectivity index (χ1) is 9.44. The molecule has 1 N–H and O–H groups in total. The smallest absolute Gasteiger partial charge is 0.133 e. The van der Waals surface area contributed by atoms with Gasteiger partial charge in [0, 0.05) is 17.0 Å². The molecular formula is C16H16BrClO2. The zero-order chi connectivity index (χ0) is 14.8. The molecule has 0 radical (unpaired) electrons. The third-order valence-electron chi connectivity index (χ3n) is 3.22. The third kappa shape index (κ3) is 3.35. The largest absolute Gasteiger partial charge is 0.496 e. The number of ether oxygens (including phenoxy) is 1. The Morgan fingerprint density at radius 2 is 1.95 bits per heavy atom. The number of rotatable bonds is 4. The van der Waals surface area contributed by atoms with Crippen LogP contribution in [0.2, 0.25) is 5.02 Å². The molecule has 0 saturated carbocycles. The molecule has 4 heteroatoms. The van der Waals surface area contributed by atoms with Gasteiger partial charge >= 0.3 is 0 Å². The molecule has 0 aliphatic heterocycles. The molecule has 1 unspecified atom stereocenters. The fourth-order valence-corrected chi connectivity index (χ4v) is 3.14. The predicted octanol–water partition coefficient (Wildman–Crippen LogP) is 4.56. The summed E-state index contributed by atoms with van der Waals surface area (Å²) in [4.78, 5) is 0. The molecule has 0 spiro atoms. The van der Waals surface area contributed by atoms with Crippen LogP contribution in [0.15, 0.2) is 46.9 Å². The second kappa shape index (κ2) is 6.17. The average Bonchev–Trinajstić information content (AvgIpc) is 2.38. The normalized spacial score (nSPS) is 13.8. The Morgan fingerprint density at radius 1 is 1.25 bits per heavy atom. The summed E-state index contributed by atoms with van der Waals surface area (Å²) in [6.45, 7) is 1.77. The lowest BCUT2D eigenvalue weighted by Gasteiger charge is -2.25. The number of hydrogen-bond donors (Lipinski definition) is 1. The van der Waals surface area contributed by atoms with Crippen LogP contribution in [0.1, 0.15) is 18.1 Å². The fraction of sp³-hybridized carbons (Fsp3) is 0.250. The van der Waals surface area contributed by atoms with Gasteiger partial charge in [0.25, 0.3) is 0 Å². The molecule has 20 heavy (non-hydrogen) atoms. The zero-order valence-electron chi connectivity index (χ0n) is 11.4. The Hall–Kier alpha value is -1.03. The molecule has 106 valence electrons. The fourth-order valence-electron chi connectivity index (χ4n) is 2.21. The van der Waals surface area contributed by atoms with Gasteiger partial charge in [-0.25, -0.2) is 0 Å². The van der Waals surface area contributed by atoms with Crippen molar-refractivity contribution in [1.29, 1.82) is 0 Å². The Kier molecular flexibility index (Phi) is 4.74. The van der Waals surface area contributed by atoms with Crippen molar-refractivity contribution in [3.8, 4) is 5.75 Å². The van der Waals surface area contributed by atoms with Crippen LogP contribution in [0.25, 0.3) is 0 Å². The molecule has 2 rings (SSSR count). The van der Waals surface area contributed by atoms with Crippen molar-refractivity contribution in [2.75, 3.05) is 7.11 Å². The number of benzene rings is 2. The molecule has 0 aliphatic carbocycles. The third-order valence-corrected chi connectivity index (χ3v) is 4.17. The summed E-state index contributed by atoms with van der Waals surface area (Å²) in [5.74, 6) is 0.770.